The van der Waals surface area contributed by atoms with Gasteiger partial charge in [0.25, 0.3) is 5.56 Å². The smallest absolute Gasteiger partial charge is 0.274 e. The standard InChI is InChI=1S/C8H7Cl2N5O/c1-14-4-12-13-5(14)2-15-3-11-7(10)6(9)8(15)16/h3-4H,2H2,1H3. The zero-order valence-electron chi connectivity index (χ0n) is 8.26. The van der Waals surface area contributed by atoms with Crippen molar-refractivity contribution in [3.8, 4) is 0 Å². The predicted octanol–water partition coefficient (Wildman–Crippen LogP) is 0.727. The molecule has 2 aromatic heterocycles. The highest BCUT2D eigenvalue weighted by atomic mass is 35.5. The van der Waals surface area contributed by atoms with Gasteiger partial charge in [0.2, 0.25) is 0 Å². The largest absolute Gasteiger partial charge is 0.319 e. The van der Waals surface area contributed by atoms with Crippen LogP contribution >= 0.6 is 23.2 Å². The molecule has 0 spiro atoms. The van der Waals surface area contributed by atoms with Crippen LogP contribution in [0.4, 0.5) is 0 Å². The summed E-state index contributed by atoms with van der Waals surface area (Å²) in [6.07, 6.45) is 2.87. The summed E-state index contributed by atoms with van der Waals surface area (Å²) in [4.78, 5) is 15.5. The van der Waals surface area contributed by atoms with Crippen molar-refractivity contribution in [2.75, 3.05) is 0 Å². The van der Waals surface area contributed by atoms with E-state index in [-0.39, 0.29) is 16.7 Å². The van der Waals surface area contributed by atoms with E-state index in [4.69, 9.17) is 23.2 Å². The molecule has 0 atom stereocenters. The van der Waals surface area contributed by atoms with Gasteiger partial charge in [0.1, 0.15) is 11.3 Å². The Morgan fingerprint density at radius 2 is 2.12 bits per heavy atom. The van der Waals surface area contributed by atoms with Crippen molar-refractivity contribution < 1.29 is 0 Å². The number of aromatic nitrogens is 5. The summed E-state index contributed by atoms with van der Waals surface area (Å²) < 4.78 is 3.02. The highest BCUT2D eigenvalue weighted by Crippen LogP contribution is 2.12. The molecule has 0 aromatic carbocycles. The van der Waals surface area contributed by atoms with Crippen molar-refractivity contribution in [2.24, 2.45) is 7.05 Å². The minimum absolute atomic E-state index is 0.000817. The van der Waals surface area contributed by atoms with Crippen molar-refractivity contribution in [2.45, 2.75) is 6.54 Å². The van der Waals surface area contributed by atoms with Crippen LogP contribution in [0.25, 0.3) is 0 Å². The normalized spacial score (nSPS) is 10.7. The Balaban J connectivity index is 2.40. The average Bonchev–Trinajstić information content (AvgIpc) is 2.65. The van der Waals surface area contributed by atoms with Gasteiger partial charge in [-0.3, -0.25) is 9.36 Å². The lowest BCUT2D eigenvalue weighted by atomic mass is 10.5. The van der Waals surface area contributed by atoms with Gasteiger partial charge >= 0.3 is 0 Å². The van der Waals surface area contributed by atoms with E-state index in [1.807, 2.05) is 0 Å². The zero-order chi connectivity index (χ0) is 11.7. The lowest BCUT2D eigenvalue weighted by molar-refractivity contribution is 0.664. The Morgan fingerprint density at radius 3 is 2.75 bits per heavy atom. The maximum absolute atomic E-state index is 11.7. The van der Waals surface area contributed by atoms with E-state index in [9.17, 15) is 4.79 Å². The van der Waals surface area contributed by atoms with E-state index in [2.05, 4.69) is 15.2 Å². The van der Waals surface area contributed by atoms with Gasteiger partial charge in [-0.1, -0.05) is 23.2 Å². The monoisotopic (exact) mass is 259 g/mol. The predicted molar refractivity (Wildman–Crippen MR) is 58.6 cm³/mol. The first kappa shape index (κ1) is 11.1. The number of nitrogens with zero attached hydrogens (tertiary/aromatic N) is 5. The molecular formula is C8H7Cl2N5O. The SMILES string of the molecule is Cn1cnnc1Cn1cnc(Cl)c(Cl)c1=O. The zero-order valence-corrected chi connectivity index (χ0v) is 9.77. The molecule has 0 unspecified atom stereocenters. The van der Waals surface area contributed by atoms with E-state index in [0.29, 0.717) is 5.82 Å². The maximum Gasteiger partial charge on any atom is 0.274 e. The fraction of sp³-hybridized carbons (Fsp3) is 0.250. The van der Waals surface area contributed by atoms with Crippen molar-refractivity contribution in [3.63, 3.8) is 0 Å². The van der Waals surface area contributed by atoms with Crippen LogP contribution in [0.15, 0.2) is 17.4 Å². The quantitative estimate of drug-likeness (QED) is 0.746. The first-order valence-corrected chi connectivity index (χ1v) is 5.08. The highest BCUT2D eigenvalue weighted by Gasteiger charge is 2.09. The second-order valence-electron chi connectivity index (χ2n) is 3.14. The van der Waals surface area contributed by atoms with E-state index in [1.165, 1.54) is 10.9 Å². The third-order valence-electron chi connectivity index (χ3n) is 2.06. The molecule has 0 radical (unpaired) electrons. The van der Waals surface area contributed by atoms with Gasteiger partial charge in [0.05, 0.1) is 12.9 Å². The first-order valence-electron chi connectivity index (χ1n) is 4.33. The summed E-state index contributed by atoms with van der Waals surface area (Å²) in [5.74, 6) is 0.627. The second-order valence-corrected chi connectivity index (χ2v) is 3.88. The van der Waals surface area contributed by atoms with Crippen molar-refractivity contribution in [1.82, 2.24) is 24.3 Å². The number of hydrogen-bond acceptors (Lipinski definition) is 4. The van der Waals surface area contributed by atoms with Gasteiger partial charge in [-0.15, -0.1) is 10.2 Å². The molecule has 0 aliphatic carbocycles. The summed E-state index contributed by atoms with van der Waals surface area (Å²) >= 11 is 11.3. The Kier molecular flexibility index (Phi) is 2.93. The van der Waals surface area contributed by atoms with Gasteiger partial charge in [0, 0.05) is 7.05 Å². The Bertz CT molecular complexity index is 576. The van der Waals surface area contributed by atoms with Crippen LogP contribution in [-0.4, -0.2) is 24.3 Å². The molecule has 0 aliphatic heterocycles. The first-order chi connectivity index (χ1) is 7.59. The van der Waals surface area contributed by atoms with Gasteiger partial charge in [-0.25, -0.2) is 4.98 Å². The van der Waals surface area contributed by atoms with E-state index in [1.54, 1.807) is 17.9 Å². The molecule has 0 amide bonds. The molecular weight excluding hydrogens is 253 g/mol. The lowest BCUT2D eigenvalue weighted by Crippen LogP contribution is -2.23. The molecule has 8 heteroatoms. The molecule has 2 heterocycles. The molecule has 0 saturated carbocycles. The van der Waals surface area contributed by atoms with Gasteiger partial charge < -0.3 is 4.57 Å². The number of hydrogen-bond donors (Lipinski definition) is 0. The Morgan fingerprint density at radius 1 is 1.38 bits per heavy atom. The topological polar surface area (TPSA) is 65.6 Å². The number of halogens is 2. The summed E-state index contributed by atoms with van der Waals surface area (Å²) in [6, 6.07) is 0. The highest BCUT2D eigenvalue weighted by molar-refractivity contribution is 6.40. The fourth-order valence-corrected chi connectivity index (χ4v) is 1.44. The average molecular weight is 260 g/mol. The molecule has 0 N–H and O–H groups in total. The molecule has 2 aromatic rings. The van der Waals surface area contributed by atoms with Crippen molar-refractivity contribution in [3.05, 3.63) is 39.0 Å². The Hall–Kier alpha value is -1.40. The Labute approximate surface area is 100 Å². The molecule has 6 nitrogen and oxygen atoms in total. The molecule has 84 valence electrons. The van der Waals surface area contributed by atoms with E-state index in [0.717, 1.165) is 0 Å². The van der Waals surface area contributed by atoms with Crippen LogP contribution in [0.1, 0.15) is 5.82 Å². The summed E-state index contributed by atoms with van der Waals surface area (Å²) in [7, 11) is 1.78. The van der Waals surface area contributed by atoms with Gasteiger partial charge in [0.15, 0.2) is 11.0 Å². The van der Waals surface area contributed by atoms with Crippen LogP contribution < -0.4 is 5.56 Å². The van der Waals surface area contributed by atoms with Gasteiger partial charge in [-0.05, 0) is 0 Å². The molecule has 16 heavy (non-hydrogen) atoms. The summed E-state index contributed by atoms with van der Waals surface area (Å²) in [6.45, 7) is 0.249. The van der Waals surface area contributed by atoms with Crippen LogP contribution in [0.5, 0.6) is 0 Å². The second kappa shape index (κ2) is 4.23. The van der Waals surface area contributed by atoms with Crippen LogP contribution in [0.3, 0.4) is 0 Å². The van der Waals surface area contributed by atoms with Crippen molar-refractivity contribution in [1.29, 1.82) is 0 Å². The van der Waals surface area contributed by atoms with E-state index >= 15 is 0 Å². The summed E-state index contributed by atoms with van der Waals surface area (Å²) in [5.41, 5.74) is -0.398. The molecule has 2 rings (SSSR count). The molecule has 0 fully saturated rings. The minimum Gasteiger partial charge on any atom is -0.319 e. The molecule has 0 saturated heterocycles. The number of aryl methyl sites for hydroxylation is 1. The summed E-state index contributed by atoms with van der Waals surface area (Å²) in [5, 5.41) is 7.47. The van der Waals surface area contributed by atoms with Crippen LogP contribution in [0.2, 0.25) is 10.2 Å². The van der Waals surface area contributed by atoms with E-state index < -0.39 is 5.56 Å². The minimum atomic E-state index is -0.398. The fourth-order valence-electron chi connectivity index (χ4n) is 1.16. The maximum atomic E-state index is 11.7. The number of rotatable bonds is 2. The van der Waals surface area contributed by atoms with Crippen LogP contribution in [0, 0.1) is 0 Å². The molecule has 0 aliphatic rings. The third kappa shape index (κ3) is 1.94. The third-order valence-corrected chi connectivity index (χ3v) is 2.78. The lowest BCUT2D eigenvalue weighted by Gasteiger charge is -2.04. The van der Waals surface area contributed by atoms with Crippen molar-refractivity contribution >= 4 is 23.2 Å². The molecule has 0 bridgehead atoms. The van der Waals surface area contributed by atoms with Gasteiger partial charge in [-0.2, -0.15) is 0 Å². The van der Waals surface area contributed by atoms with Crippen LogP contribution in [-0.2, 0) is 13.6 Å².